The number of ether oxygens (including phenoxy) is 1. The van der Waals surface area contributed by atoms with Crippen LogP contribution in [0.4, 0.5) is 0 Å². The first-order chi connectivity index (χ1) is 3.48. The van der Waals surface area contributed by atoms with E-state index in [-0.39, 0.29) is 18.8 Å². The quantitative estimate of drug-likeness (QED) is 0.470. The van der Waals surface area contributed by atoms with E-state index in [1.165, 1.54) is 7.11 Å². The Labute approximate surface area is 57.2 Å². The zero-order valence-corrected chi connectivity index (χ0v) is 5.82. The molecule has 0 rings (SSSR count). The van der Waals surface area contributed by atoms with Gasteiger partial charge in [-0.2, -0.15) is 0 Å². The van der Waals surface area contributed by atoms with E-state index in [4.69, 9.17) is 0 Å². The Morgan fingerprint density at radius 3 is 1.67 bits per heavy atom. The predicted octanol–water partition coefficient (Wildman–Crippen LogP) is 1.84. The van der Waals surface area contributed by atoms with Crippen molar-refractivity contribution in [2.45, 2.75) is 28.2 Å². The molecular formula is C7H16O2. The van der Waals surface area contributed by atoms with E-state index in [1.54, 1.807) is 0 Å². The van der Waals surface area contributed by atoms with Crippen molar-refractivity contribution >= 4 is 5.97 Å². The molecule has 0 N–H and O–H groups in total. The van der Waals surface area contributed by atoms with Gasteiger partial charge in [-0.25, -0.2) is 0 Å². The van der Waals surface area contributed by atoms with Crippen molar-refractivity contribution < 1.29 is 9.53 Å². The molecule has 0 unspecified atom stereocenters. The highest BCUT2D eigenvalue weighted by Crippen LogP contribution is 2.13. The Morgan fingerprint density at radius 2 is 1.67 bits per heavy atom. The lowest BCUT2D eigenvalue weighted by atomic mass is 9.98. The van der Waals surface area contributed by atoms with Gasteiger partial charge in [-0.3, -0.25) is 4.79 Å². The largest absolute Gasteiger partial charge is 0.469 e. The standard InChI is InChI=1S/C6H12O2.CH4/c1-6(2,3)5(7)8-4;/h1-4H3;1H4. The lowest BCUT2D eigenvalue weighted by Gasteiger charge is -2.13. The van der Waals surface area contributed by atoms with Crippen LogP contribution in [0.1, 0.15) is 28.2 Å². The van der Waals surface area contributed by atoms with Gasteiger partial charge in [0.2, 0.25) is 0 Å². The molecule has 56 valence electrons. The SMILES string of the molecule is C.COC(=O)C(C)(C)C. The minimum Gasteiger partial charge on any atom is -0.469 e. The van der Waals surface area contributed by atoms with E-state index in [1.807, 2.05) is 20.8 Å². The maximum Gasteiger partial charge on any atom is 0.310 e. The molecule has 0 fully saturated rings. The minimum atomic E-state index is -0.352. The average Bonchev–Trinajstić information content (AvgIpc) is 1.62. The molecule has 0 amide bonds. The van der Waals surface area contributed by atoms with E-state index in [2.05, 4.69) is 4.74 Å². The topological polar surface area (TPSA) is 26.3 Å². The highest BCUT2D eigenvalue weighted by molar-refractivity contribution is 5.75. The first-order valence-electron chi connectivity index (χ1n) is 2.57. The molecule has 2 nitrogen and oxygen atoms in total. The molecule has 9 heavy (non-hydrogen) atoms. The zero-order valence-electron chi connectivity index (χ0n) is 5.82. The van der Waals surface area contributed by atoms with Crippen molar-refractivity contribution in [3.8, 4) is 0 Å². The number of carbonyl (C=O) groups is 1. The number of rotatable bonds is 0. The fraction of sp³-hybridized carbons (Fsp3) is 0.857. The van der Waals surface area contributed by atoms with Crippen LogP contribution in [-0.4, -0.2) is 13.1 Å². The summed E-state index contributed by atoms with van der Waals surface area (Å²) in [5, 5.41) is 0. The van der Waals surface area contributed by atoms with E-state index in [0.717, 1.165) is 0 Å². The summed E-state index contributed by atoms with van der Waals surface area (Å²) < 4.78 is 4.48. The van der Waals surface area contributed by atoms with Crippen molar-refractivity contribution in [1.29, 1.82) is 0 Å². The van der Waals surface area contributed by atoms with Crippen LogP contribution >= 0.6 is 0 Å². The van der Waals surface area contributed by atoms with Gasteiger partial charge in [0.25, 0.3) is 0 Å². The molecule has 0 aromatic rings. The molecule has 0 saturated heterocycles. The molecule has 0 atom stereocenters. The number of esters is 1. The first kappa shape index (κ1) is 11.3. The monoisotopic (exact) mass is 132 g/mol. The molecule has 0 aliphatic carbocycles. The van der Waals surface area contributed by atoms with Gasteiger partial charge in [-0.15, -0.1) is 0 Å². The van der Waals surface area contributed by atoms with Crippen molar-refractivity contribution in [3.05, 3.63) is 0 Å². The minimum absolute atomic E-state index is 0. The summed E-state index contributed by atoms with van der Waals surface area (Å²) in [6.07, 6.45) is 0. The summed E-state index contributed by atoms with van der Waals surface area (Å²) in [6.45, 7) is 5.45. The summed E-state index contributed by atoms with van der Waals surface area (Å²) in [5.74, 6) is -0.169. The molecule has 0 aliphatic rings. The van der Waals surface area contributed by atoms with Crippen LogP contribution in [0.3, 0.4) is 0 Å². The summed E-state index contributed by atoms with van der Waals surface area (Å²) in [6, 6.07) is 0. The maximum absolute atomic E-state index is 10.6. The molecule has 0 saturated carbocycles. The predicted molar refractivity (Wildman–Crippen MR) is 38.2 cm³/mol. The molecule has 0 aliphatic heterocycles. The summed E-state index contributed by atoms with van der Waals surface area (Å²) in [7, 11) is 1.40. The molecule has 0 spiro atoms. The third-order valence-electron chi connectivity index (χ3n) is 0.798. The fourth-order valence-electron chi connectivity index (χ4n) is 0.306. The van der Waals surface area contributed by atoms with Gasteiger partial charge in [0.05, 0.1) is 12.5 Å². The van der Waals surface area contributed by atoms with E-state index in [0.29, 0.717) is 0 Å². The van der Waals surface area contributed by atoms with Gasteiger partial charge >= 0.3 is 5.97 Å². The Kier molecular flexibility index (Phi) is 4.37. The smallest absolute Gasteiger partial charge is 0.310 e. The highest BCUT2D eigenvalue weighted by atomic mass is 16.5. The first-order valence-corrected chi connectivity index (χ1v) is 2.57. The molecule has 0 heterocycles. The maximum atomic E-state index is 10.6. The van der Waals surface area contributed by atoms with Crippen molar-refractivity contribution in [2.24, 2.45) is 5.41 Å². The Balaban J connectivity index is 0. The summed E-state index contributed by atoms with van der Waals surface area (Å²) >= 11 is 0. The summed E-state index contributed by atoms with van der Waals surface area (Å²) in [5.41, 5.74) is -0.352. The highest BCUT2D eigenvalue weighted by Gasteiger charge is 2.21. The van der Waals surface area contributed by atoms with Gasteiger partial charge in [0.15, 0.2) is 0 Å². The number of methoxy groups -OCH3 is 1. The Morgan fingerprint density at radius 1 is 1.33 bits per heavy atom. The molecule has 0 aromatic carbocycles. The van der Waals surface area contributed by atoms with Gasteiger partial charge in [0.1, 0.15) is 0 Å². The van der Waals surface area contributed by atoms with Crippen LogP contribution in [0, 0.1) is 5.41 Å². The third kappa shape index (κ3) is 4.01. The number of carbonyl (C=O) groups excluding carboxylic acids is 1. The van der Waals surface area contributed by atoms with Crippen LogP contribution in [0.15, 0.2) is 0 Å². The second-order valence-corrected chi connectivity index (χ2v) is 2.74. The Hall–Kier alpha value is -0.530. The van der Waals surface area contributed by atoms with E-state index in [9.17, 15) is 4.79 Å². The van der Waals surface area contributed by atoms with Gasteiger partial charge in [-0.05, 0) is 20.8 Å². The third-order valence-corrected chi connectivity index (χ3v) is 0.798. The van der Waals surface area contributed by atoms with E-state index < -0.39 is 0 Å². The van der Waals surface area contributed by atoms with Crippen LogP contribution < -0.4 is 0 Å². The van der Waals surface area contributed by atoms with E-state index >= 15 is 0 Å². The number of hydrogen-bond acceptors (Lipinski definition) is 2. The molecule has 0 radical (unpaired) electrons. The van der Waals surface area contributed by atoms with Crippen LogP contribution in [0.2, 0.25) is 0 Å². The molecule has 0 bridgehead atoms. The van der Waals surface area contributed by atoms with Crippen LogP contribution in [0.25, 0.3) is 0 Å². The molecular weight excluding hydrogens is 116 g/mol. The molecule has 2 heteroatoms. The van der Waals surface area contributed by atoms with Crippen LogP contribution in [0.5, 0.6) is 0 Å². The summed E-state index contributed by atoms with van der Waals surface area (Å²) in [4.78, 5) is 10.6. The Bertz CT molecular complexity index is 89.6. The second-order valence-electron chi connectivity index (χ2n) is 2.74. The molecule has 0 aromatic heterocycles. The fourth-order valence-corrected chi connectivity index (χ4v) is 0.306. The normalized spacial score (nSPS) is 9.78. The number of hydrogen-bond donors (Lipinski definition) is 0. The lowest BCUT2D eigenvalue weighted by molar-refractivity contribution is -0.149. The second kappa shape index (κ2) is 3.49. The van der Waals surface area contributed by atoms with Gasteiger partial charge in [0, 0.05) is 0 Å². The van der Waals surface area contributed by atoms with Crippen molar-refractivity contribution in [2.75, 3.05) is 7.11 Å². The lowest BCUT2D eigenvalue weighted by Crippen LogP contribution is -2.21. The van der Waals surface area contributed by atoms with Crippen molar-refractivity contribution in [1.82, 2.24) is 0 Å². The average molecular weight is 132 g/mol. The van der Waals surface area contributed by atoms with Gasteiger partial charge < -0.3 is 4.74 Å². The van der Waals surface area contributed by atoms with Gasteiger partial charge in [-0.1, -0.05) is 7.43 Å². The van der Waals surface area contributed by atoms with Crippen molar-refractivity contribution in [3.63, 3.8) is 0 Å². The zero-order chi connectivity index (χ0) is 6.78. The van der Waals surface area contributed by atoms with Crippen LogP contribution in [-0.2, 0) is 9.53 Å².